The van der Waals surface area contributed by atoms with E-state index in [1.165, 1.54) is 17.4 Å². The lowest BCUT2D eigenvalue weighted by atomic mass is 9.99. The highest BCUT2D eigenvalue weighted by Gasteiger charge is 2.25. The Morgan fingerprint density at radius 3 is 3.10 bits per heavy atom. The van der Waals surface area contributed by atoms with Gasteiger partial charge in [0.25, 0.3) is 0 Å². The lowest BCUT2D eigenvalue weighted by molar-refractivity contribution is 0.0872. The van der Waals surface area contributed by atoms with Gasteiger partial charge in [-0.05, 0) is 30.4 Å². The number of ether oxygens (including phenoxy) is 1. The number of hydrogen-bond donors (Lipinski definition) is 1. The third-order valence-corrected chi connectivity index (χ3v) is 4.19. The predicted octanol–water partition coefficient (Wildman–Crippen LogP) is 3.14. The first-order chi connectivity index (χ1) is 9.88. The van der Waals surface area contributed by atoms with Crippen molar-refractivity contribution in [2.75, 3.05) is 13.2 Å². The van der Waals surface area contributed by atoms with Gasteiger partial charge in [-0.3, -0.25) is 4.98 Å². The standard InChI is InChI=1S/C17H22N2O/c1-2-16-14(8-10-20-16)11-18-12-15-6-3-5-13-7-4-9-19-17(13)15/h3-7,9,14,16,18H,2,8,10-12H2,1H3. The minimum absolute atomic E-state index is 0.438. The van der Waals surface area contributed by atoms with E-state index >= 15 is 0 Å². The van der Waals surface area contributed by atoms with Crippen molar-refractivity contribution in [1.82, 2.24) is 10.3 Å². The summed E-state index contributed by atoms with van der Waals surface area (Å²) in [5, 5.41) is 4.79. The Morgan fingerprint density at radius 2 is 2.20 bits per heavy atom. The van der Waals surface area contributed by atoms with Crippen LogP contribution in [0.3, 0.4) is 0 Å². The van der Waals surface area contributed by atoms with Crippen LogP contribution < -0.4 is 5.32 Å². The molecule has 3 nitrogen and oxygen atoms in total. The lowest BCUT2D eigenvalue weighted by Crippen LogP contribution is -2.28. The number of pyridine rings is 1. The molecule has 1 N–H and O–H groups in total. The first-order valence-electron chi connectivity index (χ1n) is 7.53. The van der Waals surface area contributed by atoms with Gasteiger partial charge in [0.15, 0.2) is 0 Å². The molecule has 1 aliphatic rings. The number of nitrogens with zero attached hydrogens (tertiary/aromatic N) is 1. The monoisotopic (exact) mass is 270 g/mol. The van der Waals surface area contributed by atoms with Crippen LogP contribution in [0.2, 0.25) is 0 Å². The number of rotatable bonds is 5. The molecule has 1 fully saturated rings. The van der Waals surface area contributed by atoms with Gasteiger partial charge < -0.3 is 10.1 Å². The van der Waals surface area contributed by atoms with Crippen LogP contribution in [0, 0.1) is 5.92 Å². The van der Waals surface area contributed by atoms with E-state index in [9.17, 15) is 0 Å². The Kier molecular flexibility index (Phi) is 4.28. The van der Waals surface area contributed by atoms with Crippen molar-refractivity contribution < 1.29 is 4.74 Å². The zero-order valence-electron chi connectivity index (χ0n) is 12.0. The van der Waals surface area contributed by atoms with E-state index in [-0.39, 0.29) is 0 Å². The van der Waals surface area contributed by atoms with Crippen molar-refractivity contribution in [3.05, 3.63) is 42.1 Å². The largest absolute Gasteiger partial charge is 0.378 e. The molecule has 20 heavy (non-hydrogen) atoms. The van der Waals surface area contributed by atoms with Gasteiger partial charge in [-0.2, -0.15) is 0 Å². The highest BCUT2D eigenvalue weighted by molar-refractivity contribution is 5.81. The molecule has 1 saturated heterocycles. The molecule has 2 atom stereocenters. The minimum atomic E-state index is 0.438. The summed E-state index contributed by atoms with van der Waals surface area (Å²) in [4.78, 5) is 4.50. The van der Waals surface area contributed by atoms with Crippen LogP contribution in [-0.4, -0.2) is 24.2 Å². The topological polar surface area (TPSA) is 34.1 Å². The van der Waals surface area contributed by atoms with Crippen molar-refractivity contribution in [2.45, 2.75) is 32.4 Å². The van der Waals surface area contributed by atoms with Crippen LogP contribution in [-0.2, 0) is 11.3 Å². The Morgan fingerprint density at radius 1 is 1.30 bits per heavy atom. The van der Waals surface area contributed by atoms with Crippen LogP contribution >= 0.6 is 0 Å². The number of nitrogens with one attached hydrogen (secondary N) is 1. The van der Waals surface area contributed by atoms with Crippen LogP contribution in [0.5, 0.6) is 0 Å². The van der Waals surface area contributed by atoms with Crippen molar-refractivity contribution >= 4 is 10.9 Å². The van der Waals surface area contributed by atoms with Gasteiger partial charge >= 0.3 is 0 Å². The molecule has 0 spiro atoms. The fraction of sp³-hybridized carbons (Fsp3) is 0.471. The third kappa shape index (κ3) is 2.84. The second kappa shape index (κ2) is 6.33. The van der Waals surface area contributed by atoms with Gasteiger partial charge in [0.05, 0.1) is 11.6 Å². The fourth-order valence-electron chi connectivity index (χ4n) is 3.08. The molecule has 1 aliphatic heterocycles. The number of hydrogen-bond acceptors (Lipinski definition) is 3. The van der Waals surface area contributed by atoms with Crippen molar-refractivity contribution in [3.63, 3.8) is 0 Å². The second-order valence-corrected chi connectivity index (χ2v) is 5.49. The van der Waals surface area contributed by atoms with Crippen LogP contribution in [0.1, 0.15) is 25.3 Å². The lowest BCUT2D eigenvalue weighted by Gasteiger charge is -2.17. The molecule has 0 saturated carbocycles. The Bertz CT molecular complexity index is 564. The van der Waals surface area contributed by atoms with Crippen LogP contribution in [0.15, 0.2) is 36.5 Å². The van der Waals surface area contributed by atoms with Gasteiger partial charge in [0.2, 0.25) is 0 Å². The number of fused-ring (bicyclic) bond motifs is 1. The highest BCUT2D eigenvalue weighted by atomic mass is 16.5. The summed E-state index contributed by atoms with van der Waals surface area (Å²) in [5.74, 6) is 0.655. The zero-order valence-corrected chi connectivity index (χ0v) is 12.0. The summed E-state index contributed by atoms with van der Waals surface area (Å²) in [6.45, 7) is 5.03. The Hall–Kier alpha value is -1.45. The molecule has 1 aromatic heterocycles. The minimum Gasteiger partial charge on any atom is -0.378 e. The molecule has 0 amide bonds. The smallest absolute Gasteiger partial charge is 0.0746 e. The maximum Gasteiger partial charge on any atom is 0.0746 e. The van der Waals surface area contributed by atoms with E-state index < -0.39 is 0 Å². The van der Waals surface area contributed by atoms with Crippen LogP contribution in [0.4, 0.5) is 0 Å². The molecular formula is C17H22N2O. The molecule has 1 aromatic carbocycles. The van der Waals surface area contributed by atoms with E-state index in [0.29, 0.717) is 12.0 Å². The Balaban J connectivity index is 1.63. The van der Waals surface area contributed by atoms with E-state index in [4.69, 9.17) is 4.74 Å². The average Bonchev–Trinajstić information content (AvgIpc) is 2.95. The van der Waals surface area contributed by atoms with Crippen LogP contribution in [0.25, 0.3) is 10.9 Å². The number of benzene rings is 1. The summed E-state index contributed by atoms with van der Waals surface area (Å²) in [7, 11) is 0. The third-order valence-electron chi connectivity index (χ3n) is 4.19. The van der Waals surface area contributed by atoms with Gasteiger partial charge in [-0.15, -0.1) is 0 Å². The maximum atomic E-state index is 5.74. The quantitative estimate of drug-likeness (QED) is 0.906. The molecule has 2 unspecified atom stereocenters. The van der Waals surface area contributed by atoms with Crippen molar-refractivity contribution in [1.29, 1.82) is 0 Å². The number of para-hydroxylation sites is 1. The molecule has 0 bridgehead atoms. The van der Waals surface area contributed by atoms with E-state index in [0.717, 1.165) is 31.6 Å². The van der Waals surface area contributed by atoms with E-state index in [1.54, 1.807) is 0 Å². The average molecular weight is 270 g/mol. The molecule has 2 aromatic rings. The van der Waals surface area contributed by atoms with Crippen molar-refractivity contribution in [2.24, 2.45) is 5.92 Å². The molecule has 106 valence electrons. The Labute approximate surface area is 120 Å². The molecule has 0 aliphatic carbocycles. The van der Waals surface area contributed by atoms with Crippen molar-refractivity contribution in [3.8, 4) is 0 Å². The van der Waals surface area contributed by atoms with Gasteiger partial charge in [-0.1, -0.05) is 31.2 Å². The summed E-state index contributed by atoms with van der Waals surface area (Å²) < 4.78 is 5.74. The first-order valence-corrected chi connectivity index (χ1v) is 7.53. The second-order valence-electron chi connectivity index (χ2n) is 5.49. The van der Waals surface area contributed by atoms with E-state index in [1.807, 2.05) is 12.3 Å². The molecule has 3 heteroatoms. The number of aromatic nitrogens is 1. The maximum absolute atomic E-state index is 5.74. The summed E-state index contributed by atoms with van der Waals surface area (Å²) in [6, 6.07) is 10.5. The summed E-state index contributed by atoms with van der Waals surface area (Å²) in [6.07, 6.45) is 4.60. The van der Waals surface area contributed by atoms with Gasteiger partial charge in [0, 0.05) is 31.3 Å². The molecule has 2 heterocycles. The zero-order chi connectivity index (χ0) is 13.8. The first kappa shape index (κ1) is 13.5. The normalized spacial score (nSPS) is 22.4. The highest BCUT2D eigenvalue weighted by Crippen LogP contribution is 2.23. The van der Waals surface area contributed by atoms with E-state index in [2.05, 4.69) is 41.5 Å². The summed E-state index contributed by atoms with van der Waals surface area (Å²) in [5.41, 5.74) is 2.38. The van der Waals surface area contributed by atoms with Gasteiger partial charge in [-0.25, -0.2) is 0 Å². The van der Waals surface area contributed by atoms with Gasteiger partial charge in [0.1, 0.15) is 0 Å². The predicted molar refractivity (Wildman–Crippen MR) is 81.6 cm³/mol. The molecular weight excluding hydrogens is 248 g/mol. The molecule has 3 rings (SSSR count). The molecule has 0 radical (unpaired) electrons. The summed E-state index contributed by atoms with van der Waals surface area (Å²) >= 11 is 0. The SMILES string of the molecule is CCC1OCCC1CNCc1cccc2cccnc12. The fourth-order valence-corrected chi connectivity index (χ4v) is 3.08.